The highest BCUT2D eigenvalue weighted by Gasteiger charge is 2.14. The van der Waals surface area contributed by atoms with Crippen LogP contribution in [0.25, 0.3) is 0 Å². The van der Waals surface area contributed by atoms with E-state index in [0.717, 1.165) is 5.56 Å². The smallest absolute Gasteiger partial charge is 0.242 e. The van der Waals surface area contributed by atoms with Gasteiger partial charge in [-0.25, -0.2) is 4.98 Å². The molecular weight excluding hydrogens is 242 g/mol. The number of amides is 1. The summed E-state index contributed by atoms with van der Waals surface area (Å²) in [6.45, 7) is 7.36. The molecular formula is C14H23N3O2. The van der Waals surface area contributed by atoms with E-state index in [4.69, 9.17) is 0 Å². The van der Waals surface area contributed by atoms with Crippen LogP contribution in [0.15, 0.2) is 18.3 Å². The molecule has 0 fully saturated rings. The molecule has 106 valence electrons. The third-order valence-corrected chi connectivity index (χ3v) is 3.13. The van der Waals surface area contributed by atoms with Crippen LogP contribution < -0.4 is 4.90 Å². The van der Waals surface area contributed by atoms with Crippen LogP contribution in [0.5, 0.6) is 0 Å². The van der Waals surface area contributed by atoms with E-state index in [-0.39, 0.29) is 12.5 Å². The van der Waals surface area contributed by atoms with Gasteiger partial charge in [0.25, 0.3) is 0 Å². The number of hydrogen-bond acceptors (Lipinski definition) is 4. The maximum atomic E-state index is 12.0. The van der Waals surface area contributed by atoms with E-state index < -0.39 is 6.10 Å². The Labute approximate surface area is 114 Å². The molecule has 1 rings (SSSR count). The highest BCUT2D eigenvalue weighted by molar-refractivity contribution is 5.81. The number of carbonyl (C=O) groups is 1. The third kappa shape index (κ3) is 4.21. The minimum Gasteiger partial charge on any atom is -0.389 e. The van der Waals surface area contributed by atoms with Crippen molar-refractivity contribution in [3.63, 3.8) is 0 Å². The maximum Gasteiger partial charge on any atom is 0.242 e. The molecule has 1 aromatic heterocycles. The number of rotatable bonds is 6. The second-order valence-electron chi connectivity index (χ2n) is 4.55. The quantitative estimate of drug-likeness (QED) is 0.845. The van der Waals surface area contributed by atoms with Gasteiger partial charge in [0, 0.05) is 26.3 Å². The zero-order chi connectivity index (χ0) is 14.4. The first-order valence-electron chi connectivity index (χ1n) is 6.62. The molecule has 1 aromatic rings. The molecule has 0 saturated heterocycles. The summed E-state index contributed by atoms with van der Waals surface area (Å²) >= 11 is 0. The minimum absolute atomic E-state index is 0.0803. The van der Waals surface area contributed by atoms with E-state index in [1.54, 1.807) is 35.1 Å². The highest BCUT2D eigenvalue weighted by Crippen LogP contribution is 2.16. The summed E-state index contributed by atoms with van der Waals surface area (Å²) in [7, 11) is 1.83. The van der Waals surface area contributed by atoms with Crippen LogP contribution in [-0.4, -0.2) is 47.6 Å². The van der Waals surface area contributed by atoms with Crippen LogP contribution in [0.3, 0.4) is 0 Å². The highest BCUT2D eigenvalue weighted by atomic mass is 16.3. The summed E-state index contributed by atoms with van der Waals surface area (Å²) in [5.74, 6) is 0.774. The van der Waals surface area contributed by atoms with Crippen molar-refractivity contribution < 1.29 is 9.90 Å². The zero-order valence-corrected chi connectivity index (χ0v) is 12.1. The lowest BCUT2D eigenvalue weighted by Crippen LogP contribution is -2.39. The minimum atomic E-state index is -0.534. The van der Waals surface area contributed by atoms with Crippen LogP contribution in [-0.2, 0) is 4.79 Å². The molecule has 0 radical (unpaired) electrons. The molecule has 0 bridgehead atoms. The van der Waals surface area contributed by atoms with Gasteiger partial charge in [-0.05, 0) is 38.5 Å². The zero-order valence-electron chi connectivity index (χ0n) is 12.1. The monoisotopic (exact) mass is 265 g/mol. The van der Waals surface area contributed by atoms with Crippen molar-refractivity contribution in [1.82, 2.24) is 9.88 Å². The Bertz CT molecular complexity index is 417. The van der Waals surface area contributed by atoms with Crippen molar-refractivity contribution in [2.75, 3.05) is 31.6 Å². The van der Waals surface area contributed by atoms with Crippen molar-refractivity contribution in [3.05, 3.63) is 23.9 Å². The summed E-state index contributed by atoms with van der Waals surface area (Å²) in [4.78, 5) is 19.8. The van der Waals surface area contributed by atoms with Crippen molar-refractivity contribution in [2.24, 2.45) is 0 Å². The van der Waals surface area contributed by atoms with Gasteiger partial charge < -0.3 is 14.9 Å². The summed E-state index contributed by atoms with van der Waals surface area (Å²) in [5.41, 5.74) is 0.798. The van der Waals surface area contributed by atoms with Gasteiger partial charge in [0.15, 0.2) is 0 Å². The molecule has 0 aliphatic rings. The number of nitrogens with zero attached hydrogens (tertiary/aromatic N) is 3. The summed E-state index contributed by atoms with van der Waals surface area (Å²) < 4.78 is 0. The standard InChI is InChI=1S/C14H23N3O2/c1-5-17(6-2)14(19)10-16(4)13-9-12(11(3)18)7-8-15-13/h7-9,11,18H,5-6,10H2,1-4H3/t11-/m0/s1. The Morgan fingerprint density at radius 2 is 2.05 bits per heavy atom. The van der Waals surface area contributed by atoms with Crippen LogP contribution in [0.4, 0.5) is 5.82 Å². The van der Waals surface area contributed by atoms with Gasteiger partial charge in [0.2, 0.25) is 5.91 Å². The number of pyridine rings is 1. The van der Waals surface area contributed by atoms with Crippen molar-refractivity contribution in [2.45, 2.75) is 26.9 Å². The Balaban J connectivity index is 2.75. The van der Waals surface area contributed by atoms with Gasteiger partial charge in [-0.15, -0.1) is 0 Å². The average Bonchev–Trinajstić information content (AvgIpc) is 2.40. The fourth-order valence-electron chi connectivity index (χ4n) is 1.86. The van der Waals surface area contributed by atoms with Crippen molar-refractivity contribution >= 4 is 11.7 Å². The van der Waals surface area contributed by atoms with E-state index in [2.05, 4.69) is 4.98 Å². The number of aromatic nitrogens is 1. The van der Waals surface area contributed by atoms with Gasteiger partial charge in [0.1, 0.15) is 5.82 Å². The third-order valence-electron chi connectivity index (χ3n) is 3.13. The van der Waals surface area contributed by atoms with E-state index >= 15 is 0 Å². The predicted molar refractivity (Wildman–Crippen MR) is 76.1 cm³/mol. The fraction of sp³-hybridized carbons (Fsp3) is 0.571. The number of carbonyl (C=O) groups excluding carboxylic acids is 1. The van der Waals surface area contributed by atoms with Crippen LogP contribution in [0, 0.1) is 0 Å². The molecule has 0 aliphatic carbocycles. The molecule has 5 nitrogen and oxygen atoms in total. The lowest BCUT2D eigenvalue weighted by atomic mass is 10.2. The van der Waals surface area contributed by atoms with Crippen molar-refractivity contribution in [3.8, 4) is 0 Å². The van der Waals surface area contributed by atoms with E-state index in [1.165, 1.54) is 0 Å². The lowest BCUT2D eigenvalue weighted by Gasteiger charge is -2.24. The maximum absolute atomic E-state index is 12.0. The molecule has 0 spiro atoms. The molecule has 0 unspecified atom stereocenters. The first-order valence-corrected chi connectivity index (χ1v) is 6.62. The Hall–Kier alpha value is -1.62. The van der Waals surface area contributed by atoms with Gasteiger partial charge in [-0.2, -0.15) is 0 Å². The normalized spacial score (nSPS) is 12.1. The molecule has 0 saturated carbocycles. The first kappa shape index (κ1) is 15.4. The molecule has 1 atom stereocenters. The number of hydrogen-bond donors (Lipinski definition) is 1. The van der Waals surface area contributed by atoms with Gasteiger partial charge in [0.05, 0.1) is 12.6 Å². The molecule has 1 heterocycles. The van der Waals surface area contributed by atoms with E-state index in [1.807, 2.05) is 20.9 Å². The predicted octanol–water partition coefficient (Wildman–Crippen LogP) is 1.44. The van der Waals surface area contributed by atoms with Crippen LogP contribution in [0.1, 0.15) is 32.4 Å². The molecule has 0 aromatic carbocycles. The second kappa shape index (κ2) is 7.09. The van der Waals surface area contributed by atoms with Gasteiger partial charge in [-0.3, -0.25) is 4.79 Å². The summed E-state index contributed by atoms with van der Waals surface area (Å²) in [6.07, 6.45) is 1.11. The number of anilines is 1. The van der Waals surface area contributed by atoms with E-state index in [9.17, 15) is 9.90 Å². The Kier molecular flexibility index (Phi) is 5.76. The lowest BCUT2D eigenvalue weighted by molar-refractivity contribution is -0.129. The van der Waals surface area contributed by atoms with Crippen molar-refractivity contribution in [1.29, 1.82) is 0 Å². The largest absolute Gasteiger partial charge is 0.389 e. The SMILES string of the molecule is CCN(CC)C(=O)CN(C)c1cc([C@H](C)O)ccn1. The topological polar surface area (TPSA) is 56.7 Å². The molecule has 1 N–H and O–H groups in total. The first-order chi connectivity index (χ1) is 8.99. The average molecular weight is 265 g/mol. The van der Waals surface area contributed by atoms with Gasteiger partial charge in [-0.1, -0.05) is 0 Å². The Morgan fingerprint density at radius 3 is 2.58 bits per heavy atom. The van der Waals surface area contributed by atoms with E-state index in [0.29, 0.717) is 18.9 Å². The molecule has 1 amide bonds. The summed E-state index contributed by atoms with van der Waals surface area (Å²) in [5, 5.41) is 9.55. The number of aliphatic hydroxyl groups excluding tert-OH is 1. The second-order valence-corrected chi connectivity index (χ2v) is 4.55. The number of aliphatic hydroxyl groups is 1. The Morgan fingerprint density at radius 1 is 1.42 bits per heavy atom. The van der Waals surface area contributed by atoms with Crippen LogP contribution in [0.2, 0.25) is 0 Å². The molecule has 0 aliphatic heterocycles. The molecule has 19 heavy (non-hydrogen) atoms. The van der Waals surface area contributed by atoms with Gasteiger partial charge >= 0.3 is 0 Å². The molecule has 5 heteroatoms. The summed E-state index contributed by atoms with van der Waals surface area (Å²) in [6, 6.07) is 3.58. The fourth-order valence-corrected chi connectivity index (χ4v) is 1.86. The number of likely N-dealkylation sites (N-methyl/N-ethyl adjacent to an activating group) is 2. The van der Waals surface area contributed by atoms with Crippen LogP contribution >= 0.6 is 0 Å².